The number of benzene rings is 5. The molecular formula is C35H31N3O3. The highest BCUT2D eigenvalue weighted by Crippen LogP contribution is 2.51. The van der Waals surface area contributed by atoms with E-state index in [0.29, 0.717) is 16.9 Å². The predicted molar refractivity (Wildman–Crippen MR) is 163 cm³/mol. The number of fused-ring (bicyclic) bond motifs is 1. The maximum absolute atomic E-state index is 13.1. The Hall–Kier alpha value is -4.94. The van der Waals surface area contributed by atoms with E-state index in [1.165, 1.54) is 21.2 Å². The van der Waals surface area contributed by atoms with Crippen molar-refractivity contribution in [1.82, 2.24) is 0 Å². The summed E-state index contributed by atoms with van der Waals surface area (Å²) < 4.78 is 0. The van der Waals surface area contributed by atoms with Gasteiger partial charge < -0.3 is 16.2 Å². The standard InChI is InChI=1S/C35H31N3O3/c36-35(21-25-13-14-26-9-4-5-10-28(26)19-25)22-32(35)27-15-17-30(18-16-27)37-33(39)29-11-6-12-31(20-29)38(34(40)41)23-24-7-2-1-3-8-24/h1-20,32H,21-23,36H2,(H,37,39)(H,40,41). The van der Waals surface area contributed by atoms with Crippen LogP contribution in [0.3, 0.4) is 0 Å². The number of nitrogens with two attached hydrogens (primary N) is 1. The van der Waals surface area contributed by atoms with Crippen molar-refractivity contribution in [1.29, 1.82) is 0 Å². The first-order valence-corrected chi connectivity index (χ1v) is 13.7. The van der Waals surface area contributed by atoms with Crippen molar-refractivity contribution in [3.05, 3.63) is 144 Å². The second-order valence-electron chi connectivity index (χ2n) is 10.8. The zero-order valence-electron chi connectivity index (χ0n) is 22.5. The SMILES string of the molecule is NC1(Cc2ccc3ccccc3c2)CC1c1ccc(NC(=O)c2cccc(N(Cc3ccccc3)C(=O)O)c2)cc1. The van der Waals surface area contributed by atoms with Gasteiger partial charge in [0.1, 0.15) is 0 Å². The van der Waals surface area contributed by atoms with Crippen LogP contribution in [0.2, 0.25) is 0 Å². The van der Waals surface area contributed by atoms with Gasteiger partial charge in [-0.1, -0.05) is 91.0 Å². The summed E-state index contributed by atoms with van der Waals surface area (Å²) in [7, 11) is 0. The second kappa shape index (κ2) is 10.9. The van der Waals surface area contributed by atoms with Crippen LogP contribution >= 0.6 is 0 Å². The number of carbonyl (C=O) groups excluding carboxylic acids is 1. The Morgan fingerprint density at radius 1 is 0.805 bits per heavy atom. The zero-order valence-corrected chi connectivity index (χ0v) is 22.5. The van der Waals surface area contributed by atoms with Gasteiger partial charge in [-0.15, -0.1) is 0 Å². The van der Waals surface area contributed by atoms with Gasteiger partial charge in [0.05, 0.1) is 6.54 Å². The summed E-state index contributed by atoms with van der Waals surface area (Å²) in [6.45, 7) is 0.188. The number of anilines is 2. The summed E-state index contributed by atoms with van der Waals surface area (Å²) in [5, 5.41) is 15.2. The van der Waals surface area contributed by atoms with E-state index in [4.69, 9.17) is 5.73 Å². The molecule has 6 nitrogen and oxygen atoms in total. The minimum atomic E-state index is -1.08. The lowest BCUT2D eigenvalue weighted by Crippen LogP contribution is -2.28. The smallest absolute Gasteiger partial charge is 0.412 e. The molecule has 1 fully saturated rings. The number of amides is 2. The van der Waals surface area contributed by atoms with Gasteiger partial charge in [-0.25, -0.2) is 4.79 Å². The highest BCUT2D eigenvalue weighted by molar-refractivity contribution is 6.05. The molecule has 2 unspecified atom stereocenters. The summed E-state index contributed by atoms with van der Waals surface area (Å²) in [6.07, 6.45) is 0.648. The predicted octanol–water partition coefficient (Wildman–Crippen LogP) is 7.20. The van der Waals surface area contributed by atoms with Crippen molar-refractivity contribution in [3.63, 3.8) is 0 Å². The molecule has 0 heterocycles. The largest absolute Gasteiger partial charge is 0.465 e. The van der Waals surface area contributed by atoms with Crippen LogP contribution in [0.15, 0.2) is 121 Å². The molecule has 5 aromatic carbocycles. The fourth-order valence-electron chi connectivity index (χ4n) is 5.55. The number of nitrogens with one attached hydrogen (secondary N) is 1. The molecule has 204 valence electrons. The second-order valence-corrected chi connectivity index (χ2v) is 10.8. The first-order chi connectivity index (χ1) is 19.9. The van der Waals surface area contributed by atoms with Crippen LogP contribution in [-0.2, 0) is 13.0 Å². The van der Waals surface area contributed by atoms with Crippen molar-refractivity contribution < 1.29 is 14.7 Å². The van der Waals surface area contributed by atoms with E-state index in [0.717, 1.165) is 24.0 Å². The molecule has 0 aliphatic heterocycles. The Morgan fingerprint density at radius 3 is 2.29 bits per heavy atom. The van der Waals surface area contributed by atoms with Crippen LogP contribution in [-0.4, -0.2) is 22.6 Å². The highest BCUT2D eigenvalue weighted by atomic mass is 16.4. The summed E-state index contributed by atoms with van der Waals surface area (Å²) in [5.74, 6) is -0.0393. The Labute approximate surface area is 239 Å². The third kappa shape index (κ3) is 5.83. The molecule has 1 saturated carbocycles. The molecule has 0 spiro atoms. The van der Waals surface area contributed by atoms with E-state index in [2.05, 4.69) is 41.7 Å². The molecule has 0 saturated heterocycles. The van der Waals surface area contributed by atoms with Gasteiger partial charge in [0.25, 0.3) is 5.91 Å². The van der Waals surface area contributed by atoms with E-state index in [1.807, 2.05) is 60.7 Å². The van der Waals surface area contributed by atoms with Crippen molar-refractivity contribution >= 4 is 34.1 Å². The minimum Gasteiger partial charge on any atom is -0.465 e. The number of nitrogens with zero attached hydrogens (tertiary/aromatic N) is 1. The topological polar surface area (TPSA) is 95.7 Å². The number of hydrogen-bond acceptors (Lipinski definition) is 3. The lowest BCUT2D eigenvalue weighted by Gasteiger charge is -2.20. The Balaban J connectivity index is 1.10. The quantitative estimate of drug-likeness (QED) is 0.193. The van der Waals surface area contributed by atoms with Crippen molar-refractivity contribution in [2.75, 3.05) is 10.2 Å². The van der Waals surface area contributed by atoms with Gasteiger partial charge in [0.15, 0.2) is 0 Å². The zero-order chi connectivity index (χ0) is 28.4. The Bertz CT molecular complexity index is 1720. The fraction of sp³-hybridized carbons (Fsp3) is 0.143. The molecule has 1 aliphatic carbocycles. The van der Waals surface area contributed by atoms with Gasteiger partial charge in [-0.2, -0.15) is 0 Å². The molecule has 6 heteroatoms. The molecule has 41 heavy (non-hydrogen) atoms. The average Bonchev–Trinajstić information content (AvgIpc) is 3.66. The molecule has 6 rings (SSSR count). The summed E-state index contributed by atoms with van der Waals surface area (Å²) in [5.41, 5.74) is 11.3. The highest BCUT2D eigenvalue weighted by Gasteiger charge is 2.51. The van der Waals surface area contributed by atoms with Gasteiger partial charge in [0, 0.05) is 28.4 Å². The van der Waals surface area contributed by atoms with E-state index >= 15 is 0 Å². The van der Waals surface area contributed by atoms with E-state index < -0.39 is 6.09 Å². The van der Waals surface area contributed by atoms with Crippen molar-refractivity contribution in [2.24, 2.45) is 5.73 Å². The van der Waals surface area contributed by atoms with E-state index in [1.54, 1.807) is 24.3 Å². The molecule has 0 bridgehead atoms. The first-order valence-electron chi connectivity index (χ1n) is 13.7. The molecule has 1 aliphatic rings. The minimum absolute atomic E-state index is 0.188. The Kier molecular flexibility index (Phi) is 7.00. The molecule has 0 radical (unpaired) electrons. The number of rotatable bonds is 8. The molecule has 2 atom stereocenters. The molecule has 5 aromatic rings. The van der Waals surface area contributed by atoms with E-state index in [9.17, 15) is 14.7 Å². The molecule has 2 amide bonds. The van der Waals surface area contributed by atoms with Crippen LogP contribution in [0.5, 0.6) is 0 Å². The lowest BCUT2D eigenvalue weighted by molar-refractivity contribution is 0.102. The molecule has 0 aromatic heterocycles. The first kappa shape index (κ1) is 26.3. The number of carboxylic acid groups (broad SMARTS) is 1. The summed E-state index contributed by atoms with van der Waals surface area (Å²) >= 11 is 0. The van der Waals surface area contributed by atoms with Crippen LogP contribution in [0.4, 0.5) is 16.2 Å². The van der Waals surface area contributed by atoms with Crippen LogP contribution in [0.25, 0.3) is 10.8 Å². The third-order valence-electron chi connectivity index (χ3n) is 7.87. The van der Waals surface area contributed by atoms with E-state index in [-0.39, 0.29) is 23.9 Å². The van der Waals surface area contributed by atoms with Gasteiger partial charge in [-0.3, -0.25) is 9.69 Å². The fourth-order valence-corrected chi connectivity index (χ4v) is 5.55. The summed E-state index contributed by atoms with van der Waals surface area (Å²) in [4.78, 5) is 26.3. The van der Waals surface area contributed by atoms with Crippen LogP contribution in [0.1, 0.15) is 39.4 Å². The van der Waals surface area contributed by atoms with Gasteiger partial charge >= 0.3 is 6.09 Å². The molecular weight excluding hydrogens is 510 g/mol. The number of carbonyl (C=O) groups is 2. The molecule has 4 N–H and O–H groups in total. The van der Waals surface area contributed by atoms with Gasteiger partial charge in [-0.05, 0) is 70.6 Å². The van der Waals surface area contributed by atoms with Crippen molar-refractivity contribution in [3.8, 4) is 0 Å². The normalized spacial score (nSPS) is 17.6. The Morgan fingerprint density at radius 2 is 1.54 bits per heavy atom. The lowest BCUT2D eigenvalue weighted by atomic mass is 9.97. The van der Waals surface area contributed by atoms with Gasteiger partial charge in [0.2, 0.25) is 0 Å². The van der Waals surface area contributed by atoms with Crippen LogP contribution in [0, 0.1) is 0 Å². The average molecular weight is 542 g/mol. The third-order valence-corrected chi connectivity index (χ3v) is 7.87. The maximum Gasteiger partial charge on any atom is 0.412 e. The maximum atomic E-state index is 13.1. The van der Waals surface area contributed by atoms with Crippen molar-refractivity contribution in [2.45, 2.75) is 30.8 Å². The van der Waals surface area contributed by atoms with Crippen LogP contribution < -0.4 is 16.0 Å². The summed E-state index contributed by atoms with van der Waals surface area (Å²) in [6, 6.07) is 38.7. The monoisotopic (exact) mass is 541 g/mol. The number of hydrogen-bond donors (Lipinski definition) is 3.